The van der Waals surface area contributed by atoms with Crippen molar-refractivity contribution in [3.05, 3.63) is 133 Å². The van der Waals surface area contributed by atoms with Crippen LogP contribution in [0.4, 0.5) is 14.5 Å². The lowest BCUT2D eigenvalue weighted by molar-refractivity contribution is 0.0255. The predicted molar refractivity (Wildman–Crippen MR) is 137 cm³/mol. The first kappa shape index (κ1) is 24.9. The van der Waals surface area contributed by atoms with Gasteiger partial charge in [-0.2, -0.15) is 0 Å². The second-order valence-electron chi connectivity index (χ2n) is 8.50. The Balaban J connectivity index is 1.95. The maximum absolute atomic E-state index is 13.2. The van der Waals surface area contributed by atoms with E-state index in [-0.39, 0.29) is 6.42 Å². The van der Waals surface area contributed by atoms with Crippen LogP contribution < -0.4 is 10.6 Å². The Bertz CT molecular complexity index is 1100. The molecule has 1 atom stereocenters. The first-order valence-corrected chi connectivity index (χ1v) is 11.2. The van der Waals surface area contributed by atoms with Crippen molar-refractivity contribution in [1.29, 1.82) is 0 Å². The zero-order valence-electron chi connectivity index (χ0n) is 19.6. The first-order chi connectivity index (χ1) is 16.3. The molecular formula is C29H31F2N3. The highest BCUT2D eigenvalue weighted by atomic mass is 19.3. The fourth-order valence-electron chi connectivity index (χ4n) is 3.61. The van der Waals surface area contributed by atoms with Crippen molar-refractivity contribution < 1.29 is 8.78 Å². The summed E-state index contributed by atoms with van der Waals surface area (Å²) >= 11 is 0. The summed E-state index contributed by atoms with van der Waals surface area (Å²) in [5.74, 6) is -2.14. The minimum atomic E-state index is -2.74. The molecule has 0 saturated carbocycles. The summed E-state index contributed by atoms with van der Waals surface area (Å²) in [6.45, 7) is 7.15. The van der Waals surface area contributed by atoms with Crippen LogP contribution in [0.1, 0.15) is 30.2 Å². The molecule has 0 bridgehead atoms. The van der Waals surface area contributed by atoms with Crippen LogP contribution in [0.2, 0.25) is 0 Å². The molecule has 34 heavy (non-hydrogen) atoms. The van der Waals surface area contributed by atoms with Gasteiger partial charge >= 0.3 is 0 Å². The van der Waals surface area contributed by atoms with Gasteiger partial charge in [-0.1, -0.05) is 85.0 Å². The highest BCUT2D eigenvalue weighted by Crippen LogP contribution is 2.28. The van der Waals surface area contributed by atoms with Crippen molar-refractivity contribution in [1.82, 2.24) is 10.3 Å². The third-order valence-corrected chi connectivity index (χ3v) is 5.27. The molecule has 0 aliphatic carbocycles. The molecule has 0 fully saturated rings. The lowest BCUT2D eigenvalue weighted by Gasteiger charge is -2.34. The van der Waals surface area contributed by atoms with E-state index >= 15 is 0 Å². The van der Waals surface area contributed by atoms with Crippen LogP contribution in [0.15, 0.2) is 116 Å². The van der Waals surface area contributed by atoms with E-state index in [9.17, 15) is 8.78 Å². The summed E-state index contributed by atoms with van der Waals surface area (Å²) in [5, 5.41) is 6.85. The number of nitrogens with zero attached hydrogens (tertiary/aromatic N) is 1. The molecule has 2 N–H and O–H groups in total. The summed E-state index contributed by atoms with van der Waals surface area (Å²) in [5.41, 5.74) is 3.19. The number of rotatable bonds is 11. The van der Waals surface area contributed by atoms with Crippen LogP contribution in [-0.2, 0) is 12.0 Å². The van der Waals surface area contributed by atoms with Crippen molar-refractivity contribution in [2.24, 2.45) is 0 Å². The highest BCUT2D eigenvalue weighted by Gasteiger charge is 2.31. The smallest absolute Gasteiger partial charge is 0.248 e. The van der Waals surface area contributed by atoms with E-state index in [1.807, 2.05) is 73.7 Å². The maximum atomic E-state index is 13.2. The zero-order valence-corrected chi connectivity index (χ0v) is 19.6. The Kier molecular flexibility index (Phi) is 8.36. The molecule has 2 aromatic carbocycles. The second-order valence-corrected chi connectivity index (χ2v) is 8.50. The van der Waals surface area contributed by atoms with Crippen molar-refractivity contribution in [3.63, 3.8) is 0 Å². The minimum absolute atomic E-state index is 0.318. The monoisotopic (exact) mass is 459 g/mol. The van der Waals surface area contributed by atoms with E-state index in [0.29, 0.717) is 12.2 Å². The number of halogens is 2. The second kappa shape index (κ2) is 11.4. The number of aryl methyl sites for hydroxylation is 1. The van der Waals surface area contributed by atoms with Gasteiger partial charge in [-0.05, 0) is 43.7 Å². The molecule has 1 unspecified atom stereocenters. The number of aromatic nitrogens is 1. The van der Waals surface area contributed by atoms with E-state index in [1.54, 1.807) is 18.3 Å². The minimum Gasteiger partial charge on any atom is -0.357 e. The molecular weight excluding hydrogens is 428 g/mol. The number of anilines is 1. The molecule has 176 valence electrons. The normalized spacial score (nSPS) is 13.6. The molecule has 3 aromatic rings. The first-order valence-electron chi connectivity index (χ1n) is 11.2. The third-order valence-electron chi connectivity index (χ3n) is 5.27. The average molecular weight is 460 g/mol. The van der Waals surface area contributed by atoms with Gasteiger partial charge in [0.15, 0.2) is 0 Å². The molecule has 0 aliphatic heterocycles. The fourth-order valence-corrected chi connectivity index (χ4v) is 3.61. The van der Waals surface area contributed by atoms with Crippen molar-refractivity contribution in [2.45, 2.75) is 38.2 Å². The summed E-state index contributed by atoms with van der Waals surface area (Å²) in [4.78, 5) is 4.63. The number of hydrogen-bond donors (Lipinski definition) is 2. The van der Waals surface area contributed by atoms with Crippen LogP contribution in [0.25, 0.3) is 0 Å². The quantitative estimate of drug-likeness (QED) is 0.299. The van der Waals surface area contributed by atoms with Crippen molar-refractivity contribution in [2.75, 3.05) is 5.32 Å². The van der Waals surface area contributed by atoms with Crippen molar-refractivity contribution in [3.8, 4) is 0 Å². The van der Waals surface area contributed by atoms with Crippen LogP contribution >= 0.6 is 0 Å². The predicted octanol–water partition coefficient (Wildman–Crippen LogP) is 7.16. The van der Waals surface area contributed by atoms with Gasteiger partial charge in [-0.15, -0.1) is 0 Å². The van der Waals surface area contributed by atoms with E-state index in [4.69, 9.17) is 0 Å². The molecule has 0 saturated heterocycles. The number of nitrogens with one attached hydrogen (secondary N) is 2. The summed E-state index contributed by atoms with van der Waals surface area (Å²) in [7, 11) is 0. The number of allylic oxidation sites excluding steroid dienone is 3. The van der Waals surface area contributed by atoms with Crippen LogP contribution in [-0.4, -0.2) is 10.9 Å². The van der Waals surface area contributed by atoms with Gasteiger partial charge in [0.25, 0.3) is 0 Å². The zero-order chi connectivity index (χ0) is 24.4. The average Bonchev–Trinajstić information content (AvgIpc) is 2.81. The molecule has 0 amide bonds. The molecule has 0 spiro atoms. The number of alkyl halides is 2. The lowest BCUT2D eigenvalue weighted by Crippen LogP contribution is -2.44. The van der Waals surface area contributed by atoms with Gasteiger partial charge in [-0.3, -0.25) is 4.98 Å². The van der Waals surface area contributed by atoms with Gasteiger partial charge in [-0.25, -0.2) is 8.78 Å². The lowest BCUT2D eigenvalue weighted by atomic mass is 9.86. The Hall–Kier alpha value is -3.73. The number of benzene rings is 2. The van der Waals surface area contributed by atoms with Gasteiger partial charge in [0.1, 0.15) is 5.54 Å². The Labute approximate surface area is 201 Å². The molecule has 5 heteroatoms. The van der Waals surface area contributed by atoms with Crippen LogP contribution in [0, 0.1) is 6.92 Å². The largest absolute Gasteiger partial charge is 0.357 e. The molecule has 3 rings (SSSR count). The molecule has 1 heterocycles. The number of pyridine rings is 1. The Morgan fingerprint density at radius 2 is 1.68 bits per heavy atom. The van der Waals surface area contributed by atoms with Crippen molar-refractivity contribution >= 4 is 5.69 Å². The van der Waals surface area contributed by atoms with E-state index in [0.717, 1.165) is 23.9 Å². The van der Waals surface area contributed by atoms with Crippen LogP contribution in [0.5, 0.6) is 0 Å². The Morgan fingerprint density at radius 1 is 0.971 bits per heavy atom. The van der Waals surface area contributed by atoms with E-state index in [2.05, 4.69) is 34.3 Å². The molecule has 0 aliphatic rings. The molecule has 0 radical (unpaired) electrons. The summed E-state index contributed by atoms with van der Waals surface area (Å²) in [6.07, 6.45) is 8.87. The summed E-state index contributed by atoms with van der Waals surface area (Å²) in [6, 6.07) is 23.8. The van der Waals surface area contributed by atoms with Crippen LogP contribution in [0.3, 0.4) is 0 Å². The van der Waals surface area contributed by atoms with Gasteiger partial charge in [0, 0.05) is 24.7 Å². The third kappa shape index (κ3) is 7.69. The maximum Gasteiger partial charge on any atom is 0.248 e. The fraction of sp³-hybridized carbons (Fsp3) is 0.207. The standard InChI is InChI=1S/C29H31F2N3/c1-23-15-17-26(18-16-23)33-24(2)34-29(27-14-8-11-21-32-27,22-25-12-6-4-7-13-25)20-10-5-9-19-28(3,30)31/h4-18,20-21,33-34H,2,19,22H2,1,3H3/b9-5-,20-10+. The van der Waals surface area contributed by atoms with Gasteiger partial charge in [0.2, 0.25) is 5.92 Å². The van der Waals surface area contributed by atoms with E-state index in [1.165, 1.54) is 11.6 Å². The van der Waals surface area contributed by atoms with Gasteiger partial charge in [0.05, 0.1) is 11.5 Å². The van der Waals surface area contributed by atoms with E-state index < -0.39 is 11.5 Å². The highest BCUT2D eigenvalue weighted by molar-refractivity contribution is 5.49. The Morgan fingerprint density at radius 3 is 2.32 bits per heavy atom. The topological polar surface area (TPSA) is 37.0 Å². The molecule has 1 aromatic heterocycles. The summed E-state index contributed by atoms with van der Waals surface area (Å²) < 4.78 is 26.4. The van der Waals surface area contributed by atoms with Gasteiger partial charge < -0.3 is 10.6 Å². The molecule has 3 nitrogen and oxygen atoms in total. The number of hydrogen-bond acceptors (Lipinski definition) is 3. The SMILES string of the molecule is C=C(Nc1ccc(C)cc1)NC(/C=C/C=C\CC(C)(F)F)(Cc1ccccc1)c1ccccn1.